The first kappa shape index (κ1) is 23.1. The van der Waals surface area contributed by atoms with Gasteiger partial charge in [0, 0.05) is 29.9 Å². The minimum Gasteiger partial charge on any atom is -0.350 e. The maximum atomic E-state index is 12.5. The molecule has 0 aromatic heterocycles. The molecule has 1 aliphatic rings. The van der Waals surface area contributed by atoms with Crippen molar-refractivity contribution in [3.63, 3.8) is 0 Å². The van der Waals surface area contributed by atoms with Crippen LogP contribution in [-0.4, -0.2) is 49.7 Å². The molecule has 31 heavy (non-hydrogen) atoms. The molecule has 1 heterocycles. The minimum atomic E-state index is -3.15. The van der Waals surface area contributed by atoms with E-state index in [0.717, 1.165) is 28.5 Å². The highest BCUT2D eigenvalue weighted by molar-refractivity contribution is 8.18. The zero-order chi connectivity index (χ0) is 22.6. The molecule has 7 nitrogen and oxygen atoms in total. The summed E-state index contributed by atoms with van der Waals surface area (Å²) in [6.07, 6.45) is 2.76. The largest absolute Gasteiger partial charge is 0.350 e. The molecule has 0 saturated carbocycles. The van der Waals surface area contributed by atoms with Gasteiger partial charge >= 0.3 is 0 Å². The van der Waals surface area contributed by atoms with E-state index in [1.165, 1.54) is 12.1 Å². The van der Waals surface area contributed by atoms with Crippen LogP contribution in [0.25, 0.3) is 6.08 Å². The third kappa shape index (κ3) is 6.43. The van der Waals surface area contributed by atoms with Gasteiger partial charge in [-0.25, -0.2) is 8.42 Å². The topological polar surface area (TPSA) is 101 Å². The van der Waals surface area contributed by atoms with Crippen molar-refractivity contribution in [2.75, 3.05) is 19.3 Å². The Balaban J connectivity index is 1.55. The van der Waals surface area contributed by atoms with Crippen LogP contribution in [0.1, 0.15) is 21.5 Å². The van der Waals surface area contributed by atoms with Gasteiger partial charge in [0.15, 0.2) is 9.84 Å². The first-order valence-corrected chi connectivity index (χ1v) is 12.4. The standard InChI is InChI=1S/C21H19ClN2O5S2/c1-31(28,29)13-15-2-6-16(7-3-15)19(25)23-10-11-24-20(26)18(30-21(24)27)12-14-4-8-17(22)9-5-14/h2-9,12H,10-11,13H2,1H3,(H,23,25)/b18-12-. The van der Waals surface area contributed by atoms with Gasteiger partial charge in [0.1, 0.15) is 0 Å². The average molecular weight is 479 g/mol. The number of halogens is 1. The summed E-state index contributed by atoms with van der Waals surface area (Å²) in [4.78, 5) is 38.4. The molecule has 10 heteroatoms. The lowest BCUT2D eigenvalue weighted by Crippen LogP contribution is -2.37. The highest BCUT2D eigenvalue weighted by Crippen LogP contribution is 2.32. The lowest BCUT2D eigenvalue weighted by molar-refractivity contribution is -0.122. The average Bonchev–Trinajstić information content (AvgIpc) is 2.96. The molecule has 1 N–H and O–H groups in total. The molecule has 3 amide bonds. The Bertz CT molecular complexity index is 1140. The zero-order valence-corrected chi connectivity index (χ0v) is 18.9. The molecule has 1 aliphatic heterocycles. The van der Waals surface area contributed by atoms with Crippen LogP contribution < -0.4 is 5.32 Å². The van der Waals surface area contributed by atoms with E-state index in [0.29, 0.717) is 21.1 Å². The molecule has 0 bridgehead atoms. The molecule has 0 spiro atoms. The van der Waals surface area contributed by atoms with Crippen LogP contribution in [0.2, 0.25) is 5.02 Å². The van der Waals surface area contributed by atoms with E-state index in [-0.39, 0.29) is 24.7 Å². The maximum absolute atomic E-state index is 12.5. The number of carbonyl (C=O) groups excluding carboxylic acids is 3. The van der Waals surface area contributed by atoms with Crippen molar-refractivity contribution in [1.29, 1.82) is 0 Å². The van der Waals surface area contributed by atoms with E-state index in [1.807, 2.05) is 0 Å². The Morgan fingerprint density at radius 2 is 1.74 bits per heavy atom. The van der Waals surface area contributed by atoms with Gasteiger partial charge in [-0.2, -0.15) is 0 Å². The minimum absolute atomic E-state index is 0.0422. The summed E-state index contributed by atoms with van der Waals surface area (Å²) in [5.74, 6) is -0.892. The predicted octanol–water partition coefficient (Wildman–Crippen LogP) is 3.35. The number of carbonyl (C=O) groups is 3. The molecule has 2 aromatic carbocycles. The second-order valence-electron chi connectivity index (χ2n) is 6.91. The number of hydrogen-bond acceptors (Lipinski definition) is 6. The van der Waals surface area contributed by atoms with E-state index in [1.54, 1.807) is 42.5 Å². The predicted molar refractivity (Wildman–Crippen MR) is 121 cm³/mol. The molecule has 0 aliphatic carbocycles. The second kappa shape index (κ2) is 9.67. The highest BCUT2D eigenvalue weighted by Gasteiger charge is 2.34. The normalized spacial score (nSPS) is 15.5. The van der Waals surface area contributed by atoms with Crippen molar-refractivity contribution in [1.82, 2.24) is 10.2 Å². The molecule has 1 saturated heterocycles. The number of rotatable bonds is 7. The van der Waals surface area contributed by atoms with E-state index in [9.17, 15) is 22.8 Å². The molecule has 2 aromatic rings. The van der Waals surface area contributed by atoms with Crippen LogP contribution in [-0.2, 0) is 20.4 Å². The fraction of sp³-hybridized carbons (Fsp3) is 0.190. The number of nitrogens with one attached hydrogen (secondary N) is 1. The number of sulfone groups is 1. The Morgan fingerprint density at radius 3 is 2.35 bits per heavy atom. The summed E-state index contributed by atoms with van der Waals surface area (Å²) in [6.45, 7) is 0.136. The van der Waals surface area contributed by atoms with Crippen LogP contribution in [0.3, 0.4) is 0 Å². The van der Waals surface area contributed by atoms with Crippen molar-refractivity contribution in [3.8, 4) is 0 Å². The van der Waals surface area contributed by atoms with Crippen molar-refractivity contribution in [2.45, 2.75) is 5.75 Å². The molecule has 162 valence electrons. The van der Waals surface area contributed by atoms with Gasteiger partial charge in [-0.3, -0.25) is 19.3 Å². The fourth-order valence-electron chi connectivity index (χ4n) is 2.84. The van der Waals surface area contributed by atoms with Crippen LogP contribution in [0.4, 0.5) is 4.79 Å². The number of nitrogens with zero attached hydrogens (tertiary/aromatic N) is 1. The lowest BCUT2D eigenvalue weighted by Gasteiger charge is -2.13. The molecule has 1 fully saturated rings. The summed E-state index contributed by atoms with van der Waals surface area (Å²) in [6, 6.07) is 13.1. The number of benzene rings is 2. The van der Waals surface area contributed by atoms with E-state index < -0.39 is 21.0 Å². The SMILES string of the molecule is CS(=O)(=O)Cc1ccc(C(=O)NCCN2C(=O)S/C(=C\c3ccc(Cl)cc3)C2=O)cc1. The van der Waals surface area contributed by atoms with Crippen molar-refractivity contribution in [3.05, 3.63) is 75.1 Å². The van der Waals surface area contributed by atoms with E-state index in [2.05, 4.69) is 5.32 Å². The Kier molecular flexibility index (Phi) is 7.19. The van der Waals surface area contributed by atoms with E-state index in [4.69, 9.17) is 11.6 Å². The lowest BCUT2D eigenvalue weighted by atomic mass is 10.1. The Hall–Kier alpha value is -2.62. The van der Waals surface area contributed by atoms with Gasteiger partial charge in [-0.05, 0) is 53.2 Å². The molecular weight excluding hydrogens is 460 g/mol. The zero-order valence-electron chi connectivity index (χ0n) is 16.5. The summed E-state index contributed by atoms with van der Waals surface area (Å²) in [7, 11) is -3.15. The Labute approximate surface area is 189 Å². The first-order valence-electron chi connectivity index (χ1n) is 9.18. The Morgan fingerprint density at radius 1 is 1.10 bits per heavy atom. The molecule has 0 atom stereocenters. The van der Waals surface area contributed by atoms with Gasteiger partial charge in [-0.1, -0.05) is 35.9 Å². The number of amides is 3. The smallest absolute Gasteiger partial charge is 0.293 e. The molecule has 3 rings (SSSR count). The van der Waals surface area contributed by atoms with Gasteiger partial charge in [0.2, 0.25) is 0 Å². The number of thioether (sulfide) groups is 1. The highest BCUT2D eigenvalue weighted by atomic mass is 35.5. The number of hydrogen-bond donors (Lipinski definition) is 1. The quantitative estimate of drug-likeness (QED) is 0.612. The summed E-state index contributed by atoms with van der Waals surface area (Å²) < 4.78 is 22.7. The number of imide groups is 1. The van der Waals surface area contributed by atoms with Crippen LogP contribution >= 0.6 is 23.4 Å². The first-order chi connectivity index (χ1) is 14.6. The third-order valence-corrected chi connectivity index (χ3v) is 6.32. The van der Waals surface area contributed by atoms with Gasteiger partial charge < -0.3 is 5.32 Å². The third-order valence-electron chi connectivity index (χ3n) is 4.31. The van der Waals surface area contributed by atoms with Crippen molar-refractivity contribution >= 4 is 56.3 Å². The van der Waals surface area contributed by atoms with Gasteiger partial charge in [0.05, 0.1) is 10.7 Å². The maximum Gasteiger partial charge on any atom is 0.293 e. The fourth-order valence-corrected chi connectivity index (χ4v) is 4.63. The van der Waals surface area contributed by atoms with Crippen molar-refractivity contribution < 1.29 is 22.8 Å². The van der Waals surface area contributed by atoms with Crippen LogP contribution in [0.5, 0.6) is 0 Å². The second-order valence-corrected chi connectivity index (χ2v) is 10.5. The van der Waals surface area contributed by atoms with E-state index >= 15 is 0 Å². The summed E-state index contributed by atoms with van der Waals surface area (Å²) in [5, 5.41) is 2.84. The van der Waals surface area contributed by atoms with Crippen LogP contribution in [0.15, 0.2) is 53.4 Å². The molecular formula is C21H19ClN2O5S2. The summed E-state index contributed by atoms with van der Waals surface area (Å²) >= 11 is 6.70. The molecule has 0 unspecified atom stereocenters. The van der Waals surface area contributed by atoms with Crippen LogP contribution in [0, 0.1) is 0 Å². The summed E-state index contributed by atoms with van der Waals surface area (Å²) in [5.41, 5.74) is 1.70. The van der Waals surface area contributed by atoms with Gasteiger partial charge in [0.25, 0.3) is 17.1 Å². The van der Waals surface area contributed by atoms with Gasteiger partial charge in [-0.15, -0.1) is 0 Å². The van der Waals surface area contributed by atoms with Crippen molar-refractivity contribution in [2.24, 2.45) is 0 Å². The molecule has 0 radical (unpaired) electrons. The monoisotopic (exact) mass is 478 g/mol.